The van der Waals surface area contributed by atoms with Crippen molar-refractivity contribution in [3.63, 3.8) is 0 Å². The van der Waals surface area contributed by atoms with Crippen molar-refractivity contribution in [3.8, 4) is 17.2 Å². The Kier molecular flexibility index (Phi) is 15.9. The van der Waals surface area contributed by atoms with Crippen molar-refractivity contribution in [1.29, 1.82) is 0 Å². The van der Waals surface area contributed by atoms with Crippen LogP contribution in [0.4, 0.5) is 0 Å². The molecule has 2 aliphatic carbocycles. The van der Waals surface area contributed by atoms with Crippen molar-refractivity contribution >= 4 is 52.7 Å². The minimum absolute atomic E-state index is 0.0273. The van der Waals surface area contributed by atoms with Gasteiger partial charge in [0, 0.05) is 81.0 Å². The number of carbonyl (C=O) groups excluding carboxylic acids is 6. The average Bonchev–Trinajstić information content (AvgIpc) is 3.53. The van der Waals surface area contributed by atoms with Crippen molar-refractivity contribution in [2.75, 3.05) is 32.6 Å². The lowest BCUT2D eigenvalue weighted by molar-refractivity contribution is -0.255. The number of hydrogen-bond acceptors (Lipinski definition) is 19. The van der Waals surface area contributed by atoms with Crippen LogP contribution in [0, 0.1) is 0 Å². The van der Waals surface area contributed by atoms with Gasteiger partial charge < -0.3 is 59.9 Å². The van der Waals surface area contributed by atoms with E-state index in [2.05, 4.69) is 21.3 Å². The molecule has 8 atom stereocenters. The Morgan fingerprint density at radius 1 is 1.03 bits per heavy atom. The third-order valence-corrected chi connectivity index (χ3v) is 13.1. The molecule has 22 heteroatoms. The van der Waals surface area contributed by atoms with Gasteiger partial charge >= 0.3 is 5.97 Å². The molecule has 65 heavy (non-hydrogen) atoms. The maximum atomic E-state index is 14.1. The summed E-state index contributed by atoms with van der Waals surface area (Å²) in [6.07, 6.45) is -6.21. The molecule has 2 aromatic rings. The van der Waals surface area contributed by atoms with E-state index in [1.807, 2.05) is 6.92 Å². The van der Waals surface area contributed by atoms with Crippen LogP contribution < -0.4 is 21.0 Å². The molecule has 6 rings (SSSR count). The molecule has 4 aliphatic rings. The molecule has 2 saturated heterocycles. The first-order chi connectivity index (χ1) is 30.9. The summed E-state index contributed by atoms with van der Waals surface area (Å²) in [6.45, 7) is 4.24. The Balaban J connectivity index is 1.23. The summed E-state index contributed by atoms with van der Waals surface area (Å²) >= 11 is 1.28. The van der Waals surface area contributed by atoms with Gasteiger partial charge in [-0.15, -0.1) is 17.2 Å². The van der Waals surface area contributed by atoms with Crippen molar-refractivity contribution in [1.82, 2.24) is 21.1 Å². The van der Waals surface area contributed by atoms with Crippen LogP contribution in [-0.4, -0.2) is 151 Å². The normalized spacial score (nSPS) is 26.3. The summed E-state index contributed by atoms with van der Waals surface area (Å²) in [7, 11) is 1.30. The summed E-state index contributed by atoms with van der Waals surface area (Å²) in [5, 5.41) is 74.4. The molecule has 2 heterocycles. The van der Waals surface area contributed by atoms with Gasteiger partial charge in [-0.2, -0.15) is 5.10 Å². The highest BCUT2D eigenvalue weighted by molar-refractivity contribution is 8.00. The number of aliphatic hydroxyl groups excluding tert-OH is 3. The number of methoxy groups -OCH3 is 1. The predicted octanol–water partition coefficient (Wildman–Crippen LogP) is 0.362. The van der Waals surface area contributed by atoms with Crippen molar-refractivity contribution in [3.05, 3.63) is 51.6 Å². The molecule has 0 saturated carbocycles. The Morgan fingerprint density at radius 2 is 1.77 bits per heavy atom. The van der Waals surface area contributed by atoms with Crippen molar-refractivity contribution in [2.24, 2.45) is 5.10 Å². The van der Waals surface area contributed by atoms with Crippen LogP contribution in [0.15, 0.2) is 23.3 Å². The van der Waals surface area contributed by atoms with Gasteiger partial charge in [-0.25, -0.2) is 5.43 Å². The van der Waals surface area contributed by atoms with Crippen LogP contribution in [-0.2, 0) is 39.9 Å². The number of ketones is 2. The Morgan fingerprint density at radius 3 is 2.46 bits per heavy atom. The Bertz CT molecular complexity index is 2220. The second-order valence-electron chi connectivity index (χ2n) is 16.3. The van der Waals surface area contributed by atoms with Gasteiger partial charge in [0.05, 0.1) is 65.7 Å². The highest BCUT2D eigenvalue weighted by Gasteiger charge is 2.50. The topological polar surface area (TPSA) is 312 Å². The highest BCUT2D eigenvalue weighted by Crippen LogP contribution is 2.52. The lowest BCUT2D eigenvalue weighted by atomic mass is 9.71. The second kappa shape index (κ2) is 21.0. The van der Waals surface area contributed by atoms with Crippen LogP contribution >= 0.6 is 11.8 Å². The monoisotopic (exact) mass is 929 g/mol. The number of nitrogens with zero attached hydrogens (tertiary/aromatic N) is 2. The molecule has 9 N–H and O–H groups in total. The van der Waals surface area contributed by atoms with E-state index in [0.29, 0.717) is 12.3 Å². The third-order valence-electron chi connectivity index (χ3n) is 11.8. The first kappa shape index (κ1) is 49.2. The number of fused-ring (bicyclic) bond motifs is 3. The van der Waals surface area contributed by atoms with Gasteiger partial charge in [0.15, 0.2) is 12.1 Å². The number of hydrazone groups is 1. The molecular weight excluding hydrogens is 875 g/mol. The molecule has 0 bridgehead atoms. The van der Waals surface area contributed by atoms with E-state index in [9.17, 15) is 59.4 Å². The molecule has 0 radical (unpaired) electrons. The van der Waals surface area contributed by atoms with Gasteiger partial charge in [0.25, 0.3) is 0 Å². The minimum Gasteiger partial charge on any atom is -0.507 e. The maximum Gasteiger partial charge on any atom is 0.321 e. The van der Waals surface area contributed by atoms with E-state index in [1.165, 1.54) is 48.9 Å². The zero-order valence-corrected chi connectivity index (χ0v) is 37.1. The number of amides is 3. The average molecular weight is 930 g/mol. The van der Waals surface area contributed by atoms with E-state index >= 15 is 0 Å². The van der Waals surface area contributed by atoms with Crippen LogP contribution in [0.1, 0.15) is 115 Å². The Hall–Kier alpha value is -5.20. The van der Waals surface area contributed by atoms with Crippen molar-refractivity contribution < 1.29 is 78.5 Å². The fourth-order valence-corrected chi connectivity index (χ4v) is 9.70. The number of aliphatic hydroxyl groups is 4. The van der Waals surface area contributed by atoms with Crippen molar-refractivity contribution in [2.45, 2.75) is 120 Å². The fraction of sp³-hybridized carbons (Fsp3) is 0.558. The second-order valence-corrected chi connectivity index (χ2v) is 17.6. The molecule has 2 fully saturated rings. The number of likely N-dealkylation sites (tertiary alicyclic amines) is 1. The number of rotatable bonds is 18. The summed E-state index contributed by atoms with van der Waals surface area (Å²) < 4.78 is 17.6. The first-order valence-corrected chi connectivity index (χ1v) is 22.3. The number of phenols is 2. The zero-order chi connectivity index (χ0) is 47.3. The van der Waals surface area contributed by atoms with E-state index in [1.54, 1.807) is 0 Å². The number of hydrogen-bond donors (Lipinski definition) is 9. The van der Waals surface area contributed by atoms with E-state index in [4.69, 9.17) is 19.0 Å². The quantitative estimate of drug-likeness (QED) is 0.0473. The van der Waals surface area contributed by atoms with Gasteiger partial charge in [-0.3, -0.25) is 28.8 Å². The lowest BCUT2D eigenvalue weighted by Crippen LogP contribution is -2.55. The fourth-order valence-electron chi connectivity index (χ4n) is 8.53. The lowest BCUT2D eigenvalue weighted by Gasteiger charge is -2.43. The number of phenolic OH excluding ortho intramolecular Hbond substituents is 2. The number of nitrogens with one attached hydrogen (secondary N) is 3. The highest BCUT2D eigenvalue weighted by atomic mass is 32.2. The van der Waals surface area contributed by atoms with E-state index in [-0.39, 0.29) is 78.5 Å². The number of benzene rings is 2. The van der Waals surface area contributed by atoms with E-state index < -0.39 is 119 Å². The summed E-state index contributed by atoms with van der Waals surface area (Å²) in [6, 6.07) is 3.35. The van der Waals surface area contributed by atoms with Gasteiger partial charge in [0.2, 0.25) is 23.5 Å². The smallest absolute Gasteiger partial charge is 0.321 e. The maximum absolute atomic E-state index is 14.1. The van der Waals surface area contributed by atoms with Gasteiger partial charge in [-0.05, 0) is 25.8 Å². The molecular formula is C43H55N5O16S. The molecule has 2 aliphatic heterocycles. The largest absolute Gasteiger partial charge is 0.507 e. The van der Waals surface area contributed by atoms with Crippen LogP contribution in [0.2, 0.25) is 0 Å². The molecule has 0 aromatic heterocycles. The number of hydroxylamine groups is 1. The number of aromatic hydroxyl groups is 2. The summed E-state index contributed by atoms with van der Waals surface area (Å²) in [5.41, 5.74) is 0.264. The van der Waals surface area contributed by atoms with Gasteiger partial charge in [0.1, 0.15) is 29.1 Å². The molecule has 2 unspecified atom stereocenters. The zero-order valence-electron chi connectivity index (χ0n) is 36.3. The Labute approximate surface area is 377 Å². The SMILES string of the molecule is CCCNC(=O)CCSC1CC(O)N(CCCC(=O)N/N=C(/CO)[C@]2(O)Cc3c(O)c4c(c(O)c3[C@@H](O[C@H]3C[C@H](NOC(C)=O)[C@H](O)[C@H](C)O3)C2)C(=O)c2c(OC)cccc2C4=O)C1=O. The number of ether oxygens (including phenoxy) is 3. The molecule has 2 aromatic carbocycles. The number of carbonyl (C=O) groups is 6. The minimum atomic E-state index is -2.27. The molecule has 0 spiro atoms. The van der Waals surface area contributed by atoms with Gasteiger partial charge in [-0.1, -0.05) is 19.1 Å². The standard InChI is InChI=1S/C43H55N5O16S/c1-5-12-44-29(51)11-14-65-27-16-31(53)48(42(27)59)13-7-10-30(52)46-45-28(19-49)43(60)17-23-34(26(18-43)63-32-15-24(47-64-21(3)50)37(54)20(2)62-32)41(58)36-35(39(23)56)38(55)22-8-6-9-25(61-4)33(22)40(36)57/h6,8-9,20,24,26-27,31-32,37,47,49,53-54,56,58,60H,5,7,10-19H2,1-4H3,(H,44,51)(H,46,52)/b45-28-/t20-,24-,26-,27?,31?,32-,37+,43-/m0/s1. The van der Waals surface area contributed by atoms with Crippen LogP contribution in [0.3, 0.4) is 0 Å². The molecule has 21 nitrogen and oxygen atoms in total. The van der Waals surface area contributed by atoms with Crippen LogP contribution in [0.25, 0.3) is 0 Å². The number of thioether (sulfide) groups is 1. The van der Waals surface area contributed by atoms with Crippen LogP contribution in [0.5, 0.6) is 17.2 Å². The molecule has 354 valence electrons. The third kappa shape index (κ3) is 10.4. The summed E-state index contributed by atoms with van der Waals surface area (Å²) in [4.78, 5) is 83.9. The predicted molar refractivity (Wildman–Crippen MR) is 229 cm³/mol. The summed E-state index contributed by atoms with van der Waals surface area (Å²) in [5.74, 6) is -4.58. The molecule has 3 amide bonds. The van der Waals surface area contributed by atoms with E-state index in [0.717, 1.165) is 13.3 Å². The first-order valence-electron chi connectivity index (χ1n) is 21.3.